The molecule has 2 aromatic rings. The molecular formula is C12H8BrClFN3OS. The van der Waals surface area contributed by atoms with Crippen LogP contribution in [-0.4, -0.2) is 15.0 Å². The molecule has 0 bridgehead atoms. The zero-order chi connectivity index (χ0) is 14.9. The van der Waals surface area contributed by atoms with Crippen LogP contribution in [0.2, 0.25) is 5.02 Å². The normalized spacial score (nSPS) is 10.4. The lowest BCUT2D eigenvalue weighted by Gasteiger charge is -2.08. The second-order valence-electron chi connectivity index (χ2n) is 3.84. The average molecular weight is 377 g/mol. The van der Waals surface area contributed by atoms with Crippen molar-refractivity contribution in [3.8, 4) is 11.8 Å². The Kier molecular flexibility index (Phi) is 4.52. The van der Waals surface area contributed by atoms with E-state index in [0.717, 1.165) is 6.07 Å². The molecule has 0 saturated carbocycles. The zero-order valence-electron chi connectivity index (χ0n) is 10.2. The first-order chi connectivity index (χ1) is 9.36. The number of rotatable bonds is 3. The van der Waals surface area contributed by atoms with Crippen molar-refractivity contribution in [3.05, 3.63) is 44.9 Å². The molecule has 4 nitrogen and oxygen atoms in total. The van der Waals surface area contributed by atoms with Crippen molar-refractivity contribution in [2.45, 2.75) is 6.92 Å². The Morgan fingerprint density at radius 2 is 2.10 bits per heavy atom. The van der Waals surface area contributed by atoms with Crippen LogP contribution in [-0.2, 0) is 0 Å². The summed E-state index contributed by atoms with van der Waals surface area (Å²) in [5.74, 6) is -0.404. The second kappa shape index (κ2) is 5.99. The molecule has 2 rings (SSSR count). The summed E-state index contributed by atoms with van der Waals surface area (Å²) in [5, 5.41) is -0.0155. The Hall–Kier alpha value is -1.31. The van der Waals surface area contributed by atoms with E-state index in [1.165, 1.54) is 6.07 Å². The van der Waals surface area contributed by atoms with E-state index in [9.17, 15) is 4.39 Å². The summed E-state index contributed by atoms with van der Waals surface area (Å²) < 4.78 is 19.3. The minimum Gasteiger partial charge on any atom is -0.423 e. The van der Waals surface area contributed by atoms with Crippen LogP contribution in [0.15, 0.2) is 22.7 Å². The van der Waals surface area contributed by atoms with Crippen LogP contribution >= 0.6 is 39.7 Å². The highest BCUT2D eigenvalue weighted by Crippen LogP contribution is 2.32. The molecule has 0 unspecified atom stereocenters. The average Bonchev–Trinajstić information content (AvgIpc) is 2.35. The fourth-order valence-corrected chi connectivity index (χ4v) is 2.22. The van der Waals surface area contributed by atoms with Crippen LogP contribution in [0.3, 0.4) is 0 Å². The van der Waals surface area contributed by atoms with Crippen LogP contribution in [0.5, 0.6) is 11.8 Å². The summed E-state index contributed by atoms with van der Waals surface area (Å²) in [4.78, 5) is 8.25. The van der Waals surface area contributed by atoms with Crippen LogP contribution in [0.4, 0.5) is 4.39 Å². The third-order valence-corrected chi connectivity index (χ3v) is 3.38. The molecule has 0 fully saturated rings. The number of benzene rings is 1. The van der Waals surface area contributed by atoms with Crippen molar-refractivity contribution in [2.75, 3.05) is 0 Å². The van der Waals surface area contributed by atoms with Crippen molar-refractivity contribution < 1.29 is 9.13 Å². The third-order valence-electron chi connectivity index (χ3n) is 2.26. The molecule has 1 heterocycles. The molecule has 1 aromatic carbocycles. The molecule has 0 amide bonds. The van der Waals surface area contributed by atoms with Crippen molar-refractivity contribution in [1.29, 1.82) is 0 Å². The summed E-state index contributed by atoms with van der Waals surface area (Å²) >= 11 is 13.7. The van der Waals surface area contributed by atoms with E-state index < -0.39 is 5.82 Å². The monoisotopic (exact) mass is 375 g/mol. The summed E-state index contributed by atoms with van der Waals surface area (Å²) in [6, 6.07) is 4.18. The molecule has 104 valence electrons. The van der Waals surface area contributed by atoms with Gasteiger partial charge in [-0.3, -0.25) is 0 Å². The van der Waals surface area contributed by atoms with Gasteiger partial charge in [0.05, 0.1) is 9.50 Å². The van der Waals surface area contributed by atoms with Crippen LogP contribution in [0, 0.1) is 12.7 Å². The lowest BCUT2D eigenvalue weighted by atomic mass is 10.3. The molecule has 0 aliphatic rings. The standard InChI is InChI=1S/C12H8BrClFN3OS/c1-5-2-9(11(16)20)18-12(17-5)19-10-4-8(15)7(14)3-6(10)13/h2-4H,1H3,(H2,16,20). The number of nitrogens with two attached hydrogens (primary N) is 1. The fourth-order valence-electron chi connectivity index (χ4n) is 1.39. The van der Waals surface area contributed by atoms with Crippen molar-refractivity contribution in [2.24, 2.45) is 5.73 Å². The first kappa shape index (κ1) is 15.1. The lowest BCUT2D eigenvalue weighted by Crippen LogP contribution is -2.13. The third kappa shape index (κ3) is 3.41. The molecule has 0 spiro atoms. The number of aryl methyl sites for hydroxylation is 1. The second-order valence-corrected chi connectivity index (χ2v) is 5.54. The topological polar surface area (TPSA) is 61.0 Å². The summed E-state index contributed by atoms with van der Waals surface area (Å²) in [5.41, 5.74) is 6.53. The van der Waals surface area contributed by atoms with Crippen molar-refractivity contribution >= 4 is 44.7 Å². The Bertz CT molecular complexity index is 699. The lowest BCUT2D eigenvalue weighted by molar-refractivity contribution is 0.433. The number of nitrogens with zero attached hydrogens (tertiary/aromatic N) is 2. The van der Waals surface area contributed by atoms with Crippen molar-refractivity contribution in [1.82, 2.24) is 9.97 Å². The van der Waals surface area contributed by atoms with Gasteiger partial charge in [0.2, 0.25) is 0 Å². The quantitative estimate of drug-likeness (QED) is 0.653. The van der Waals surface area contributed by atoms with Gasteiger partial charge in [0.15, 0.2) is 0 Å². The molecule has 0 radical (unpaired) electrons. The van der Waals surface area contributed by atoms with E-state index in [1.807, 2.05) is 0 Å². The first-order valence-electron chi connectivity index (χ1n) is 5.34. The zero-order valence-corrected chi connectivity index (χ0v) is 13.3. The minimum absolute atomic E-state index is 0.0155. The van der Waals surface area contributed by atoms with Gasteiger partial charge >= 0.3 is 6.01 Å². The van der Waals surface area contributed by atoms with E-state index in [4.69, 9.17) is 34.3 Å². The predicted octanol–water partition coefficient (Wildman–Crippen LogP) is 3.77. The maximum atomic E-state index is 13.4. The van der Waals surface area contributed by atoms with Gasteiger partial charge in [-0.25, -0.2) is 9.37 Å². The number of halogens is 3. The molecule has 8 heteroatoms. The molecular weight excluding hydrogens is 369 g/mol. The molecule has 1 aromatic heterocycles. The Labute approximate surface area is 133 Å². The highest BCUT2D eigenvalue weighted by molar-refractivity contribution is 9.10. The van der Waals surface area contributed by atoms with Gasteiger partial charge in [-0.15, -0.1) is 0 Å². The summed E-state index contributed by atoms with van der Waals surface area (Å²) in [6.45, 7) is 1.74. The van der Waals surface area contributed by atoms with Crippen LogP contribution < -0.4 is 10.5 Å². The number of thiocarbonyl (C=S) groups is 1. The molecule has 0 atom stereocenters. The van der Waals surface area contributed by atoms with E-state index in [1.54, 1.807) is 13.0 Å². The van der Waals surface area contributed by atoms with Crippen LogP contribution in [0.25, 0.3) is 0 Å². The van der Waals surface area contributed by atoms with E-state index in [-0.39, 0.29) is 21.8 Å². The fraction of sp³-hybridized carbons (Fsp3) is 0.0833. The van der Waals surface area contributed by atoms with Crippen LogP contribution in [0.1, 0.15) is 11.4 Å². The summed E-state index contributed by atoms with van der Waals surface area (Å²) in [7, 11) is 0. The van der Waals surface area contributed by atoms with Gasteiger partial charge in [0.1, 0.15) is 22.2 Å². The van der Waals surface area contributed by atoms with Gasteiger partial charge in [0.25, 0.3) is 0 Å². The molecule has 2 N–H and O–H groups in total. The maximum absolute atomic E-state index is 13.4. The summed E-state index contributed by atoms with van der Waals surface area (Å²) in [6.07, 6.45) is 0. The highest BCUT2D eigenvalue weighted by atomic mass is 79.9. The predicted molar refractivity (Wildman–Crippen MR) is 81.8 cm³/mol. The SMILES string of the molecule is Cc1cc(C(N)=S)nc(Oc2cc(F)c(Cl)cc2Br)n1. The smallest absolute Gasteiger partial charge is 0.322 e. The minimum atomic E-state index is -0.605. The molecule has 20 heavy (non-hydrogen) atoms. The van der Waals surface area contributed by atoms with Crippen molar-refractivity contribution in [3.63, 3.8) is 0 Å². The number of hydrogen-bond acceptors (Lipinski definition) is 4. The largest absolute Gasteiger partial charge is 0.423 e. The maximum Gasteiger partial charge on any atom is 0.322 e. The van der Waals surface area contributed by atoms with Gasteiger partial charge in [-0.2, -0.15) is 4.98 Å². The van der Waals surface area contributed by atoms with Gasteiger partial charge < -0.3 is 10.5 Å². The first-order valence-corrected chi connectivity index (χ1v) is 6.92. The van der Waals surface area contributed by atoms with E-state index in [0.29, 0.717) is 15.9 Å². The number of aromatic nitrogens is 2. The van der Waals surface area contributed by atoms with Gasteiger partial charge in [-0.05, 0) is 35.0 Å². The van der Waals surface area contributed by atoms with E-state index >= 15 is 0 Å². The Balaban J connectivity index is 2.40. The number of ether oxygens (including phenoxy) is 1. The number of hydrogen-bond donors (Lipinski definition) is 1. The highest BCUT2D eigenvalue weighted by Gasteiger charge is 2.12. The van der Waals surface area contributed by atoms with Gasteiger partial charge in [0, 0.05) is 11.8 Å². The van der Waals surface area contributed by atoms with E-state index in [2.05, 4.69) is 25.9 Å². The molecule has 0 saturated heterocycles. The van der Waals surface area contributed by atoms with Gasteiger partial charge in [-0.1, -0.05) is 23.8 Å². The Morgan fingerprint density at radius 1 is 1.40 bits per heavy atom. The molecule has 0 aliphatic heterocycles. The Morgan fingerprint density at radius 3 is 2.75 bits per heavy atom. The molecule has 0 aliphatic carbocycles.